The second kappa shape index (κ2) is 6.93. The Morgan fingerprint density at radius 2 is 2.04 bits per heavy atom. The van der Waals surface area contributed by atoms with E-state index in [-0.39, 0.29) is 11.7 Å². The highest BCUT2D eigenvalue weighted by atomic mass is 16.1. The summed E-state index contributed by atoms with van der Waals surface area (Å²) in [5.74, 6) is 0.378. The fraction of sp³-hybridized carbons (Fsp3) is 0.400. The molecule has 0 amide bonds. The van der Waals surface area contributed by atoms with Gasteiger partial charge in [0.05, 0.1) is 11.6 Å². The lowest BCUT2D eigenvalue weighted by atomic mass is 9.89. The Balaban J connectivity index is 1.82. The van der Waals surface area contributed by atoms with Gasteiger partial charge in [0.15, 0.2) is 5.78 Å². The smallest absolute Gasteiger partial charge is 0.167 e. The summed E-state index contributed by atoms with van der Waals surface area (Å²) in [6.07, 6.45) is 3.23. The van der Waals surface area contributed by atoms with Gasteiger partial charge in [-0.3, -0.25) is 4.79 Å². The van der Waals surface area contributed by atoms with Crippen molar-refractivity contribution in [1.82, 2.24) is 4.90 Å². The molecule has 1 atom stereocenters. The first-order chi connectivity index (χ1) is 11.2. The van der Waals surface area contributed by atoms with Crippen LogP contribution in [0.1, 0.15) is 42.1 Å². The minimum Gasteiger partial charge on any atom is -0.303 e. The largest absolute Gasteiger partial charge is 0.303 e. The molecule has 2 aromatic carbocycles. The first-order valence-electron chi connectivity index (χ1n) is 8.41. The number of nitriles is 1. The maximum Gasteiger partial charge on any atom is 0.167 e. The molecule has 0 N–H and O–H groups in total. The minimum atomic E-state index is 0.117. The standard InChI is InChI=1S/C20H22N2O/c1-2-9-22-10-3-4-19(14-22)20(23)18-8-7-16-11-15(13-21)5-6-17(16)12-18/h5-8,11-12,19H,2-4,9-10,14H2,1H3/t19-/m0/s1. The van der Waals surface area contributed by atoms with Crippen LogP contribution in [0.5, 0.6) is 0 Å². The van der Waals surface area contributed by atoms with Crippen LogP contribution >= 0.6 is 0 Å². The molecular weight excluding hydrogens is 284 g/mol. The molecule has 0 saturated carbocycles. The number of benzene rings is 2. The summed E-state index contributed by atoms with van der Waals surface area (Å²) < 4.78 is 0. The molecule has 0 radical (unpaired) electrons. The Morgan fingerprint density at radius 3 is 2.83 bits per heavy atom. The van der Waals surface area contributed by atoms with Crippen LogP contribution in [0, 0.1) is 17.2 Å². The maximum atomic E-state index is 12.8. The van der Waals surface area contributed by atoms with Crippen molar-refractivity contribution in [3.8, 4) is 6.07 Å². The summed E-state index contributed by atoms with van der Waals surface area (Å²) in [6.45, 7) is 5.27. The molecule has 0 unspecified atom stereocenters. The maximum absolute atomic E-state index is 12.8. The number of nitrogens with zero attached hydrogens (tertiary/aromatic N) is 2. The number of fused-ring (bicyclic) bond motifs is 1. The molecule has 23 heavy (non-hydrogen) atoms. The molecule has 1 fully saturated rings. The number of hydrogen-bond donors (Lipinski definition) is 0. The summed E-state index contributed by atoms with van der Waals surface area (Å²) in [5, 5.41) is 11.0. The number of likely N-dealkylation sites (tertiary alicyclic amines) is 1. The summed E-state index contributed by atoms with van der Waals surface area (Å²) in [4.78, 5) is 15.2. The molecule has 1 aliphatic heterocycles. The summed E-state index contributed by atoms with van der Waals surface area (Å²) in [5.41, 5.74) is 1.45. The van der Waals surface area contributed by atoms with Crippen molar-refractivity contribution in [2.45, 2.75) is 26.2 Å². The number of piperidine rings is 1. The van der Waals surface area contributed by atoms with Crippen LogP contribution < -0.4 is 0 Å². The van der Waals surface area contributed by atoms with Crippen LogP contribution in [0.4, 0.5) is 0 Å². The van der Waals surface area contributed by atoms with E-state index in [2.05, 4.69) is 17.9 Å². The summed E-state index contributed by atoms with van der Waals surface area (Å²) in [6, 6.07) is 13.6. The van der Waals surface area contributed by atoms with Gasteiger partial charge in [-0.15, -0.1) is 0 Å². The highest BCUT2D eigenvalue weighted by Gasteiger charge is 2.26. The van der Waals surface area contributed by atoms with E-state index in [0.29, 0.717) is 5.56 Å². The van der Waals surface area contributed by atoms with Gasteiger partial charge in [-0.1, -0.05) is 25.1 Å². The predicted octanol–water partition coefficient (Wildman–Crippen LogP) is 4.02. The Bertz CT molecular complexity index is 758. The highest BCUT2D eigenvalue weighted by molar-refractivity contribution is 6.01. The van der Waals surface area contributed by atoms with Crippen molar-refractivity contribution in [3.63, 3.8) is 0 Å². The molecule has 0 aliphatic carbocycles. The van der Waals surface area contributed by atoms with E-state index in [0.717, 1.165) is 55.2 Å². The van der Waals surface area contributed by atoms with Gasteiger partial charge in [0.1, 0.15) is 0 Å². The zero-order valence-corrected chi connectivity index (χ0v) is 13.6. The van der Waals surface area contributed by atoms with Gasteiger partial charge in [0.2, 0.25) is 0 Å². The minimum absolute atomic E-state index is 0.117. The fourth-order valence-electron chi connectivity index (χ4n) is 3.49. The van der Waals surface area contributed by atoms with Crippen molar-refractivity contribution < 1.29 is 4.79 Å². The molecule has 1 aliphatic rings. The van der Waals surface area contributed by atoms with Gasteiger partial charge in [-0.25, -0.2) is 0 Å². The number of carbonyl (C=O) groups is 1. The summed E-state index contributed by atoms with van der Waals surface area (Å²) >= 11 is 0. The van der Waals surface area contributed by atoms with Gasteiger partial charge in [0.25, 0.3) is 0 Å². The molecule has 1 heterocycles. The molecule has 118 valence electrons. The van der Waals surface area contributed by atoms with Crippen molar-refractivity contribution >= 4 is 16.6 Å². The average molecular weight is 306 g/mol. The van der Waals surface area contributed by atoms with E-state index in [1.165, 1.54) is 0 Å². The topological polar surface area (TPSA) is 44.1 Å². The average Bonchev–Trinajstić information content (AvgIpc) is 2.60. The van der Waals surface area contributed by atoms with E-state index in [1.807, 2.05) is 30.3 Å². The lowest BCUT2D eigenvalue weighted by Gasteiger charge is -2.31. The number of rotatable bonds is 4. The first-order valence-corrected chi connectivity index (χ1v) is 8.41. The van der Waals surface area contributed by atoms with E-state index in [1.54, 1.807) is 6.07 Å². The van der Waals surface area contributed by atoms with Crippen molar-refractivity contribution in [2.24, 2.45) is 5.92 Å². The molecule has 1 saturated heterocycles. The molecule has 3 rings (SSSR count). The monoisotopic (exact) mass is 306 g/mol. The number of hydrogen-bond acceptors (Lipinski definition) is 3. The second-order valence-corrected chi connectivity index (χ2v) is 6.39. The van der Waals surface area contributed by atoms with Crippen LogP contribution in [0.2, 0.25) is 0 Å². The van der Waals surface area contributed by atoms with Crippen molar-refractivity contribution in [2.75, 3.05) is 19.6 Å². The fourth-order valence-corrected chi connectivity index (χ4v) is 3.49. The molecule has 0 spiro atoms. The SMILES string of the molecule is CCCN1CCC[C@H](C(=O)c2ccc3cc(C#N)ccc3c2)C1. The Hall–Kier alpha value is -2.18. The zero-order chi connectivity index (χ0) is 16.2. The van der Waals surface area contributed by atoms with Gasteiger partial charge in [0, 0.05) is 18.0 Å². The van der Waals surface area contributed by atoms with Gasteiger partial charge in [-0.05, 0) is 61.3 Å². The molecule has 3 nitrogen and oxygen atoms in total. The van der Waals surface area contributed by atoms with Crippen LogP contribution in [-0.2, 0) is 0 Å². The Kier molecular flexibility index (Phi) is 4.73. The normalized spacial score (nSPS) is 18.7. The Labute approximate surface area is 137 Å². The van der Waals surface area contributed by atoms with E-state index < -0.39 is 0 Å². The van der Waals surface area contributed by atoms with Crippen LogP contribution in [-0.4, -0.2) is 30.3 Å². The van der Waals surface area contributed by atoms with Gasteiger partial charge >= 0.3 is 0 Å². The van der Waals surface area contributed by atoms with Crippen LogP contribution in [0.15, 0.2) is 36.4 Å². The molecule has 0 bridgehead atoms. The highest BCUT2D eigenvalue weighted by Crippen LogP contribution is 2.24. The number of ketones is 1. The van der Waals surface area contributed by atoms with Gasteiger partial charge < -0.3 is 4.90 Å². The summed E-state index contributed by atoms with van der Waals surface area (Å²) in [7, 11) is 0. The second-order valence-electron chi connectivity index (χ2n) is 6.39. The lowest BCUT2D eigenvalue weighted by molar-refractivity contribution is 0.0820. The van der Waals surface area contributed by atoms with Gasteiger partial charge in [-0.2, -0.15) is 5.26 Å². The molecule has 3 heteroatoms. The quantitative estimate of drug-likeness (QED) is 0.801. The van der Waals surface area contributed by atoms with Crippen LogP contribution in [0.25, 0.3) is 10.8 Å². The van der Waals surface area contributed by atoms with Crippen molar-refractivity contribution in [3.05, 3.63) is 47.5 Å². The van der Waals surface area contributed by atoms with Crippen LogP contribution in [0.3, 0.4) is 0 Å². The number of Topliss-reactive ketones (excluding diaryl/α,β-unsaturated/α-hetero) is 1. The molecule has 2 aromatic rings. The zero-order valence-electron chi connectivity index (χ0n) is 13.6. The van der Waals surface area contributed by atoms with Crippen molar-refractivity contribution in [1.29, 1.82) is 5.26 Å². The third kappa shape index (κ3) is 3.43. The molecule has 0 aromatic heterocycles. The third-order valence-corrected chi connectivity index (χ3v) is 4.67. The Morgan fingerprint density at radius 1 is 1.26 bits per heavy atom. The molecular formula is C20H22N2O. The van der Waals surface area contributed by atoms with E-state index in [9.17, 15) is 4.79 Å². The van der Waals surface area contributed by atoms with E-state index in [4.69, 9.17) is 5.26 Å². The third-order valence-electron chi connectivity index (χ3n) is 4.67. The lowest BCUT2D eigenvalue weighted by Crippen LogP contribution is -2.39. The first kappa shape index (κ1) is 15.7. The van der Waals surface area contributed by atoms with E-state index >= 15 is 0 Å². The number of carbonyl (C=O) groups excluding carboxylic acids is 1. The predicted molar refractivity (Wildman–Crippen MR) is 92.4 cm³/mol.